The van der Waals surface area contributed by atoms with Gasteiger partial charge in [0.2, 0.25) is 0 Å². The van der Waals surface area contributed by atoms with Gasteiger partial charge >= 0.3 is 23.5 Å². The van der Waals surface area contributed by atoms with E-state index in [9.17, 15) is 0 Å². The molecule has 0 N–H and O–H groups in total. The SMILES string of the molecule is COc1nonc1OC[C@H](C)Oc1nonc1OC. The quantitative estimate of drug-likeness (QED) is 0.697. The smallest absolute Gasteiger partial charge is 0.320 e. The van der Waals surface area contributed by atoms with Crippen molar-refractivity contribution in [2.75, 3.05) is 20.8 Å². The van der Waals surface area contributed by atoms with Crippen LogP contribution in [-0.2, 0) is 0 Å². The maximum Gasteiger partial charge on any atom is 0.320 e. The summed E-state index contributed by atoms with van der Waals surface area (Å²) in [6.07, 6.45) is -0.359. The van der Waals surface area contributed by atoms with E-state index in [1.807, 2.05) is 0 Å². The normalized spacial score (nSPS) is 11.9. The van der Waals surface area contributed by atoms with Crippen molar-refractivity contribution in [1.29, 1.82) is 0 Å². The molecule has 0 radical (unpaired) electrons. The van der Waals surface area contributed by atoms with E-state index in [2.05, 4.69) is 29.9 Å². The number of hydrogen-bond acceptors (Lipinski definition) is 10. The lowest BCUT2D eigenvalue weighted by Gasteiger charge is -2.12. The van der Waals surface area contributed by atoms with Crippen LogP contribution in [0.2, 0.25) is 0 Å². The Morgan fingerprint density at radius 1 is 0.895 bits per heavy atom. The fourth-order valence-electron chi connectivity index (χ4n) is 1.18. The van der Waals surface area contributed by atoms with Gasteiger partial charge in [-0.25, -0.2) is 9.26 Å². The van der Waals surface area contributed by atoms with Crippen molar-refractivity contribution in [3.63, 3.8) is 0 Å². The molecule has 104 valence electrons. The van der Waals surface area contributed by atoms with Crippen molar-refractivity contribution in [3.8, 4) is 23.5 Å². The zero-order valence-electron chi connectivity index (χ0n) is 10.5. The lowest BCUT2D eigenvalue weighted by molar-refractivity contribution is 0.122. The average molecular weight is 272 g/mol. The van der Waals surface area contributed by atoms with Gasteiger partial charge in [0.1, 0.15) is 12.7 Å². The lowest BCUT2D eigenvalue weighted by Crippen LogP contribution is -2.21. The highest BCUT2D eigenvalue weighted by molar-refractivity contribution is 5.22. The first-order chi connectivity index (χ1) is 9.24. The minimum Gasteiger partial charge on any atom is -0.475 e. The number of rotatable bonds is 7. The van der Waals surface area contributed by atoms with Crippen molar-refractivity contribution >= 4 is 0 Å². The Kier molecular flexibility index (Phi) is 4.00. The molecule has 10 heteroatoms. The molecule has 2 rings (SSSR count). The Morgan fingerprint density at radius 3 is 2.05 bits per heavy atom. The average Bonchev–Trinajstić information content (AvgIpc) is 3.04. The zero-order chi connectivity index (χ0) is 13.7. The van der Waals surface area contributed by atoms with Crippen LogP contribution in [0, 0.1) is 0 Å². The third kappa shape index (κ3) is 3.03. The summed E-state index contributed by atoms with van der Waals surface area (Å²) in [5, 5.41) is 14.1. The summed E-state index contributed by atoms with van der Waals surface area (Å²) in [5.41, 5.74) is 0. The minimum atomic E-state index is -0.359. The van der Waals surface area contributed by atoms with Gasteiger partial charge in [-0.2, -0.15) is 0 Å². The maximum atomic E-state index is 5.41. The van der Waals surface area contributed by atoms with Gasteiger partial charge in [0.05, 0.1) is 14.2 Å². The molecule has 0 fully saturated rings. The summed E-state index contributed by atoms with van der Waals surface area (Å²) < 4.78 is 29.4. The van der Waals surface area contributed by atoms with E-state index in [0.29, 0.717) is 0 Å². The molecule has 1 atom stereocenters. The predicted molar refractivity (Wildman–Crippen MR) is 57.3 cm³/mol. The van der Waals surface area contributed by atoms with Crippen LogP contribution in [0.5, 0.6) is 23.5 Å². The summed E-state index contributed by atoms with van der Waals surface area (Å²) in [5.74, 6) is 0.604. The van der Waals surface area contributed by atoms with Gasteiger partial charge in [-0.3, -0.25) is 0 Å². The summed E-state index contributed by atoms with van der Waals surface area (Å²) in [4.78, 5) is 0. The summed E-state index contributed by atoms with van der Waals surface area (Å²) in [6.45, 7) is 1.93. The first-order valence-corrected chi connectivity index (χ1v) is 5.27. The molecule has 0 aliphatic heterocycles. The lowest BCUT2D eigenvalue weighted by atomic mass is 10.4. The second kappa shape index (κ2) is 5.89. The van der Waals surface area contributed by atoms with Crippen LogP contribution < -0.4 is 18.9 Å². The Morgan fingerprint density at radius 2 is 1.42 bits per heavy atom. The molecule has 0 aliphatic rings. The monoisotopic (exact) mass is 272 g/mol. The van der Waals surface area contributed by atoms with Gasteiger partial charge in [-0.1, -0.05) is 0 Å². The summed E-state index contributed by atoms with van der Waals surface area (Å²) in [7, 11) is 2.86. The first-order valence-electron chi connectivity index (χ1n) is 5.27. The highest BCUT2D eigenvalue weighted by Crippen LogP contribution is 2.23. The van der Waals surface area contributed by atoms with Crippen LogP contribution >= 0.6 is 0 Å². The Labute approximate surface area is 107 Å². The van der Waals surface area contributed by atoms with Crippen LogP contribution in [0.4, 0.5) is 0 Å². The molecule has 0 amide bonds. The van der Waals surface area contributed by atoms with E-state index in [4.69, 9.17) is 18.9 Å². The van der Waals surface area contributed by atoms with Crippen molar-refractivity contribution in [3.05, 3.63) is 0 Å². The van der Waals surface area contributed by atoms with E-state index in [0.717, 1.165) is 0 Å². The second-order valence-electron chi connectivity index (χ2n) is 3.40. The molecular formula is C9H12N4O6. The van der Waals surface area contributed by atoms with E-state index < -0.39 is 0 Å². The number of hydrogen-bond donors (Lipinski definition) is 0. The van der Waals surface area contributed by atoms with Gasteiger partial charge in [0.15, 0.2) is 0 Å². The molecule has 2 heterocycles. The van der Waals surface area contributed by atoms with Crippen molar-refractivity contribution in [2.45, 2.75) is 13.0 Å². The molecule has 19 heavy (non-hydrogen) atoms. The van der Waals surface area contributed by atoms with E-state index in [-0.39, 0.29) is 36.2 Å². The molecule has 0 aromatic carbocycles. The minimum absolute atomic E-state index is 0.142. The first kappa shape index (κ1) is 12.9. The van der Waals surface area contributed by atoms with E-state index in [1.165, 1.54) is 14.2 Å². The third-order valence-corrected chi connectivity index (χ3v) is 2.02. The number of methoxy groups -OCH3 is 2. The van der Waals surface area contributed by atoms with Gasteiger partial charge in [-0.05, 0) is 27.6 Å². The van der Waals surface area contributed by atoms with Gasteiger partial charge in [-0.15, -0.1) is 0 Å². The van der Waals surface area contributed by atoms with Gasteiger partial charge < -0.3 is 18.9 Å². The highest BCUT2D eigenvalue weighted by atomic mass is 16.7. The number of nitrogens with zero attached hydrogens (tertiary/aromatic N) is 4. The molecule has 0 aliphatic carbocycles. The standard InChI is InChI=1S/C9H12N4O6/c1-5(17-9-7(15-3)11-19-13-9)4-16-8-6(14-2)10-18-12-8/h5H,4H2,1-3H3/t5-/m0/s1. The summed E-state index contributed by atoms with van der Waals surface area (Å²) in [6, 6.07) is 0. The van der Waals surface area contributed by atoms with Crippen LogP contribution in [-0.4, -0.2) is 47.6 Å². The number of aromatic nitrogens is 4. The Bertz CT molecular complexity index is 512. The maximum absolute atomic E-state index is 5.41. The predicted octanol–water partition coefficient (Wildman–Crippen LogP) is 0.316. The molecule has 10 nitrogen and oxygen atoms in total. The van der Waals surface area contributed by atoms with Crippen molar-refractivity contribution in [1.82, 2.24) is 20.6 Å². The molecule has 0 saturated heterocycles. The van der Waals surface area contributed by atoms with E-state index in [1.54, 1.807) is 6.92 Å². The van der Waals surface area contributed by atoms with Crippen LogP contribution in [0.15, 0.2) is 9.26 Å². The second-order valence-corrected chi connectivity index (χ2v) is 3.40. The van der Waals surface area contributed by atoms with Gasteiger partial charge in [0, 0.05) is 0 Å². The molecule has 2 aromatic heterocycles. The fraction of sp³-hybridized carbons (Fsp3) is 0.556. The largest absolute Gasteiger partial charge is 0.475 e. The Balaban J connectivity index is 1.86. The Hall–Kier alpha value is -2.52. The molecular weight excluding hydrogens is 260 g/mol. The molecule has 0 spiro atoms. The third-order valence-electron chi connectivity index (χ3n) is 2.02. The molecule has 2 aromatic rings. The van der Waals surface area contributed by atoms with Crippen molar-refractivity contribution < 1.29 is 28.2 Å². The van der Waals surface area contributed by atoms with E-state index >= 15 is 0 Å². The highest BCUT2D eigenvalue weighted by Gasteiger charge is 2.18. The van der Waals surface area contributed by atoms with Crippen LogP contribution in [0.3, 0.4) is 0 Å². The van der Waals surface area contributed by atoms with Gasteiger partial charge in [0.25, 0.3) is 0 Å². The van der Waals surface area contributed by atoms with Crippen LogP contribution in [0.25, 0.3) is 0 Å². The zero-order valence-corrected chi connectivity index (χ0v) is 10.5. The topological polar surface area (TPSA) is 115 Å². The molecule has 0 unspecified atom stereocenters. The molecule has 0 saturated carbocycles. The summed E-state index contributed by atoms with van der Waals surface area (Å²) >= 11 is 0. The number of ether oxygens (including phenoxy) is 4. The van der Waals surface area contributed by atoms with Crippen molar-refractivity contribution in [2.24, 2.45) is 0 Å². The fourth-order valence-corrected chi connectivity index (χ4v) is 1.18. The van der Waals surface area contributed by atoms with Crippen LogP contribution in [0.1, 0.15) is 6.92 Å². The molecule has 0 bridgehead atoms.